The van der Waals surface area contributed by atoms with Crippen LogP contribution in [0.1, 0.15) is 5.56 Å². The Balaban J connectivity index is 3.06. The first kappa shape index (κ1) is 9.73. The zero-order valence-corrected chi connectivity index (χ0v) is 7.82. The van der Waals surface area contributed by atoms with E-state index in [1.54, 1.807) is 12.1 Å². The second-order valence-corrected chi connectivity index (χ2v) is 3.34. The van der Waals surface area contributed by atoms with Gasteiger partial charge in [-0.3, -0.25) is 0 Å². The predicted molar refractivity (Wildman–Crippen MR) is 49.9 cm³/mol. The molecule has 5 heteroatoms. The van der Waals surface area contributed by atoms with Gasteiger partial charge in [0.1, 0.15) is 0 Å². The van der Waals surface area contributed by atoms with E-state index in [0.717, 1.165) is 4.47 Å². The fourth-order valence-electron chi connectivity index (χ4n) is 0.916. The normalized spacial score (nSPS) is 10.0. The Morgan fingerprint density at radius 2 is 1.92 bits per heavy atom. The second-order valence-electron chi connectivity index (χ2n) is 2.42. The first-order valence-corrected chi connectivity index (χ1v) is 4.19. The van der Waals surface area contributed by atoms with Crippen molar-refractivity contribution in [2.75, 3.05) is 0 Å². The summed E-state index contributed by atoms with van der Waals surface area (Å²) in [7, 11) is -1.49. The summed E-state index contributed by atoms with van der Waals surface area (Å²) in [5, 5.41) is 26.4. The van der Waals surface area contributed by atoms with Crippen LogP contribution in [0.15, 0.2) is 22.7 Å². The molecule has 3 N–H and O–H groups in total. The molecule has 0 fully saturated rings. The number of rotatable bonds is 2. The molecule has 0 radical (unpaired) electrons. The topological polar surface area (TPSA) is 60.7 Å². The predicted octanol–water partition coefficient (Wildman–Crippen LogP) is -0.379. The van der Waals surface area contributed by atoms with E-state index in [9.17, 15) is 0 Å². The number of benzene rings is 1. The summed E-state index contributed by atoms with van der Waals surface area (Å²) in [4.78, 5) is 0. The average molecular weight is 231 g/mol. The van der Waals surface area contributed by atoms with Crippen LogP contribution in [0.5, 0.6) is 0 Å². The lowest BCUT2D eigenvalue weighted by atomic mass is 9.80. The number of aliphatic hydroxyl groups is 1. The molecule has 0 aliphatic rings. The van der Waals surface area contributed by atoms with Crippen LogP contribution in [-0.4, -0.2) is 22.3 Å². The minimum Gasteiger partial charge on any atom is -0.423 e. The molecule has 0 saturated heterocycles. The summed E-state index contributed by atoms with van der Waals surface area (Å²) in [6.45, 7) is -0.112. The van der Waals surface area contributed by atoms with Gasteiger partial charge in [0.2, 0.25) is 0 Å². The molecule has 1 aromatic rings. The van der Waals surface area contributed by atoms with Crippen LogP contribution in [0.4, 0.5) is 0 Å². The fourth-order valence-corrected chi connectivity index (χ4v) is 1.47. The third kappa shape index (κ3) is 2.32. The third-order valence-electron chi connectivity index (χ3n) is 1.46. The molecule has 1 rings (SSSR count). The van der Waals surface area contributed by atoms with Crippen LogP contribution < -0.4 is 5.46 Å². The standard InChI is InChI=1S/C7H8BBrO3/c9-7-2-5(4-10)1-6(3-7)8(11)12/h1-3,10-12H,4H2. The van der Waals surface area contributed by atoms with Crippen molar-refractivity contribution >= 4 is 28.5 Å². The summed E-state index contributed by atoms with van der Waals surface area (Å²) in [5.41, 5.74) is 1.01. The largest absolute Gasteiger partial charge is 0.488 e. The van der Waals surface area contributed by atoms with Crippen LogP contribution >= 0.6 is 15.9 Å². The van der Waals surface area contributed by atoms with Gasteiger partial charge in [-0.2, -0.15) is 0 Å². The van der Waals surface area contributed by atoms with E-state index in [0.29, 0.717) is 11.0 Å². The van der Waals surface area contributed by atoms with Crippen molar-refractivity contribution in [2.45, 2.75) is 6.61 Å². The minimum absolute atomic E-state index is 0.112. The van der Waals surface area contributed by atoms with Gasteiger partial charge in [-0.1, -0.05) is 22.0 Å². The van der Waals surface area contributed by atoms with Gasteiger partial charge in [-0.15, -0.1) is 0 Å². The van der Waals surface area contributed by atoms with E-state index < -0.39 is 7.12 Å². The number of halogens is 1. The summed E-state index contributed by atoms with van der Waals surface area (Å²) in [6, 6.07) is 4.84. The molecular weight excluding hydrogens is 223 g/mol. The Hall–Kier alpha value is -0.355. The molecule has 0 aromatic heterocycles. The Kier molecular flexibility index (Phi) is 3.28. The molecule has 0 heterocycles. The lowest BCUT2D eigenvalue weighted by molar-refractivity contribution is 0.282. The van der Waals surface area contributed by atoms with Gasteiger partial charge >= 0.3 is 7.12 Å². The monoisotopic (exact) mass is 230 g/mol. The van der Waals surface area contributed by atoms with Crippen molar-refractivity contribution < 1.29 is 15.2 Å². The molecule has 0 saturated carbocycles. The number of hydrogen-bond acceptors (Lipinski definition) is 3. The lowest BCUT2D eigenvalue weighted by Crippen LogP contribution is -2.30. The highest BCUT2D eigenvalue weighted by Gasteiger charge is 2.11. The molecule has 0 bridgehead atoms. The molecular formula is C7H8BBrO3. The van der Waals surface area contributed by atoms with Crippen molar-refractivity contribution in [3.8, 4) is 0 Å². The second kappa shape index (κ2) is 4.05. The molecule has 0 aliphatic heterocycles. The SMILES string of the molecule is OCc1cc(Br)cc(B(O)O)c1. The van der Waals surface area contributed by atoms with Crippen molar-refractivity contribution in [3.05, 3.63) is 28.2 Å². The molecule has 0 spiro atoms. The van der Waals surface area contributed by atoms with E-state index >= 15 is 0 Å². The summed E-state index contributed by atoms with van der Waals surface area (Å²) < 4.78 is 0.720. The zero-order valence-electron chi connectivity index (χ0n) is 6.24. The van der Waals surface area contributed by atoms with Gasteiger partial charge < -0.3 is 15.2 Å². The summed E-state index contributed by atoms with van der Waals surface area (Å²) in [6.07, 6.45) is 0. The van der Waals surface area contributed by atoms with Crippen molar-refractivity contribution in [1.82, 2.24) is 0 Å². The Bertz CT molecular complexity index is 277. The number of hydrogen-bond donors (Lipinski definition) is 3. The molecule has 0 atom stereocenters. The Morgan fingerprint density at radius 1 is 1.25 bits per heavy atom. The van der Waals surface area contributed by atoms with E-state index in [4.69, 9.17) is 15.2 Å². The van der Waals surface area contributed by atoms with Gasteiger partial charge in [0.25, 0.3) is 0 Å². The maximum Gasteiger partial charge on any atom is 0.488 e. The fraction of sp³-hybridized carbons (Fsp3) is 0.143. The van der Waals surface area contributed by atoms with Crippen molar-refractivity contribution in [3.63, 3.8) is 0 Å². The van der Waals surface area contributed by atoms with Gasteiger partial charge in [0.05, 0.1) is 6.61 Å². The smallest absolute Gasteiger partial charge is 0.423 e. The van der Waals surface area contributed by atoms with Crippen LogP contribution in [-0.2, 0) is 6.61 Å². The first-order valence-electron chi connectivity index (χ1n) is 3.40. The lowest BCUT2D eigenvalue weighted by Gasteiger charge is -2.03. The third-order valence-corrected chi connectivity index (χ3v) is 1.92. The van der Waals surface area contributed by atoms with Gasteiger partial charge in [0, 0.05) is 4.47 Å². The molecule has 12 heavy (non-hydrogen) atoms. The maximum absolute atomic E-state index is 8.82. The Morgan fingerprint density at radius 3 is 2.42 bits per heavy atom. The summed E-state index contributed by atoms with van der Waals surface area (Å²) in [5.74, 6) is 0. The minimum atomic E-state index is -1.49. The molecule has 0 amide bonds. The zero-order chi connectivity index (χ0) is 9.14. The van der Waals surface area contributed by atoms with Gasteiger partial charge in [-0.25, -0.2) is 0 Å². The van der Waals surface area contributed by atoms with E-state index in [-0.39, 0.29) is 6.61 Å². The highest BCUT2D eigenvalue weighted by molar-refractivity contribution is 9.10. The van der Waals surface area contributed by atoms with E-state index in [1.807, 2.05) is 0 Å². The number of aliphatic hydroxyl groups excluding tert-OH is 1. The highest BCUT2D eigenvalue weighted by atomic mass is 79.9. The van der Waals surface area contributed by atoms with Gasteiger partial charge in [-0.05, 0) is 23.2 Å². The van der Waals surface area contributed by atoms with Crippen LogP contribution in [0.3, 0.4) is 0 Å². The van der Waals surface area contributed by atoms with Crippen LogP contribution in [0, 0.1) is 0 Å². The maximum atomic E-state index is 8.82. The summed E-state index contributed by atoms with van der Waals surface area (Å²) >= 11 is 3.19. The van der Waals surface area contributed by atoms with Crippen molar-refractivity contribution in [1.29, 1.82) is 0 Å². The quantitative estimate of drug-likeness (QED) is 0.608. The van der Waals surface area contributed by atoms with Gasteiger partial charge in [0.15, 0.2) is 0 Å². The molecule has 64 valence electrons. The molecule has 3 nitrogen and oxygen atoms in total. The molecule has 0 aliphatic carbocycles. The average Bonchev–Trinajstić information content (AvgIpc) is 2.03. The first-order chi connectivity index (χ1) is 5.63. The van der Waals surface area contributed by atoms with Crippen LogP contribution in [0.25, 0.3) is 0 Å². The molecule has 1 aromatic carbocycles. The van der Waals surface area contributed by atoms with E-state index in [2.05, 4.69) is 15.9 Å². The highest BCUT2D eigenvalue weighted by Crippen LogP contribution is 2.10. The Labute approximate surface area is 78.9 Å². The molecule has 0 unspecified atom stereocenters. The van der Waals surface area contributed by atoms with Crippen LogP contribution in [0.2, 0.25) is 0 Å². The van der Waals surface area contributed by atoms with E-state index in [1.165, 1.54) is 6.07 Å². The van der Waals surface area contributed by atoms with Crippen molar-refractivity contribution in [2.24, 2.45) is 0 Å².